The van der Waals surface area contributed by atoms with E-state index in [0.29, 0.717) is 12.0 Å². The van der Waals surface area contributed by atoms with Gasteiger partial charge in [-0.05, 0) is 84.6 Å². The Morgan fingerprint density at radius 2 is 2.04 bits per heavy atom. The summed E-state index contributed by atoms with van der Waals surface area (Å²) in [7, 11) is 0. The van der Waals surface area contributed by atoms with Crippen LogP contribution in [0.4, 0.5) is 11.5 Å². The molecular formula is C23H31BrN4. The van der Waals surface area contributed by atoms with Gasteiger partial charge in [-0.25, -0.2) is 9.97 Å². The van der Waals surface area contributed by atoms with E-state index < -0.39 is 0 Å². The van der Waals surface area contributed by atoms with Crippen LogP contribution in [0.2, 0.25) is 0 Å². The van der Waals surface area contributed by atoms with Gasteiger partial charge in [-0.15, -0.1) is 0 Å². The fourth-order valence-electron chi connectivity index (χ4n) is 4.20. The Labute approximate surface area is 177 Å². The van der Waals surface area contributed by atoms with Gasteiger partial charge in [0.05, 0.1) is 17.4 Å². The topological polar surface area (TPSA) is 41.1 Å². The number of nitrogens with zero attached hydrogens (tertiary/aromatic N) is 3. The lowest BCUT2D eigenvalue weighted by molar-refractivity contribution is 0.466. The lowest BCUT2D eigenvalue weighted by Crippen LogP contribution is -2.26. The van der Waals surface area contributed by atoms with Crippen LogP contribution in [0.5, 0.6) is 0 Å². The molecule has 2 aromatic rings. The second kappa shape index (κ2) is 8.11. The van der Waals surface area contributed by atoms with Gasteiger partial charge in [-0.1, -0.05) is 26.8 Å². The van der Waals surface area contributed by atoms with Crippen molar-refractivity contribution in [3.05, 3.63) is 45.3 Å². The fourth-order valence-corrected chi connectivity index (χ4v) is 4.81. The van der Waals surface area contributed by atoms with E-state index in [4.69, 9.17) is 9.97 Å². The predicted octanol–water partition coefficient (Wildman–Crippen LogP) is 5.82. The van der Waals surface area contributed by atoms with E-state index in [-0.39, 0.29) is 0 Å². The first kappa shape index (κ1) is 19.8. The Bertz CT molecular complexity index is 860. The van der Waals surface area contributed by atoms with Crippen molar-refractivity contribution in [3.8, 4) is 0 Å². The first-order valence-corrected chi connectivity index (χ1v) is 11.5. The van der Waals surface area contributed by atoms with Gasteiger partial charge >= 0.3 is 0 Å². The van der Waals surface area contributed by atoms with Crippen molar-refractivity contribution in [2.45, 2.75) is 65.3 Å². The molecule has 1 N–H and O–H groups in total. The molecule has 28 heavy (non-hydrogen) atoms. The summed E-state index contributed by atoms with van der Waals surface area (Å²) < 4.78 is 1.15. The average Bonchev–Trinajstić information content (AvgIpc) is 3.41. The molecule has 4 nitrogen and oxygen atoms in total. The molecule has 1 aliphatic heterocycles. The first-order valence-electron chi connectivity index (χ1n) is 10.7. The van der Waals surface area contributed by atoms with Gasteiger partial charge in [-0.3, -0.25) is 0 Å². The number of nitrogens with one attached hydrogen (secondary N) is 1. The zero-order chi connectivity index (χ0) is 19.8. The summed E-state index contributed by atoms with van der Waals surface area (Å²) in [4.78, 5) is 12.2. The molecule has 2 heterocycles. The summed E-state index contributed by atoms with van der Waals surface area (Å²) >= 11 is 3.81. The van der Waals surface area contributed by atoms with E-state index in [9.17, 15) is 0 Å². The maximum Gasteiger partial charge on any atom is 0.140 e. The van der Waals surface area contributed by atoms with Gasteiger partial charge < -0.3 is 10.2 Å². The highest BCUT2D eigenvalue weighted by atomic mass is 79.9. The third-order valence-corrected chi connectivity index (χ3v) is 6.54. The lowest BCUT2D eigenvalue weighted by atomic mass is 10.0. The Hall–Kier alpha value is -1.46. The summed E-state index contributed by atoms with van der Waals surface area (Å²) in [6, 6.07) is 7.11. The highest BCUT2D eigenvalue weighted by Gasteiger charge is 2.37. The van der Waals surface area contributed by atoms with Crippen LogP contribution in [0.15, 0.2) is 22.7 Å². The number of aryl methyl sites for hydroxylation is 1. The van der Waals surface area contributed by atoms with Gasteiger partial charge in [0.15, 0.2) is 0 Å². The van der Waals surface area contributed by atoms with Crippen LogP contribution < -0.4 is 10.2 Å². The molecule has 1 saturated carbocycles. The molecule has 1 atom stereocenters. The van der Waals surface area contributed by atoms with Gasteiger partial charge in [0.25, 0.3) is 0 Å². The number of fused-ring (bicyclic) bond motifs is 1. The Morgan fingerprint density at radius 1 is 1.25 bits per heavy atom. The van der Waals surface area contributed by atoms with Crippen LogP contribution in [-0.4, -0.2) is 23.1 Å². The Balaban J connectivity index is 1.72. The van der Waals surface area contributed by atoms with Crippen molar-refractivity contribution in [2.24, 2.45) is 5.92 Å². The highest BCUT2D eigenvalue weighted by Crippen LogP contribution is 2.45. The fraction of sp³-hybridized carbons (Fsp3) is 0.565. The molecule has 0 saturated heterocycles. The second-order valence-corrected chi connectivity index (χ2v) is 9.35. The molecule has 2 aliphatic rings. The molecule has 150 valence electrons. The molecule has 1 fully saturated rings. The number of benzene rings is 1. The quantitative estimate of drug-likeness (QED) is 0.586. The molecule has 0 bridgehead atoms. The van der Waals surface area contributed by atoms with Crippen LogP contribution >= 0.6 is 15.9 Å². The third-order valence-electron chi connectivity index (χ3n) is 5.90. The molecule has 5 heteroatoms. The average molecular weight is 443 g/mol. The zero-order valence-corrected chi connectivity index (χ0v) is 19.0. The van der Waals surface area contributed by atoms with Crippen LogP contribution in [0, 0.1) is 12.8 Å². The van der Waals surface area contributed by atoms with Crippen molar-refractivity contribution >= 4 is 27.4 Å². The van der Waals surface area contributed by atoms with Crippen LogP contribution in [-0.2, 0) is 6.42 Å². The SMILES string of the molecule is CCCNC(c1nc(C)nc2c1CCN2c1ccc(C(C)C)cc1Br)C1CC1. The summed E-state index contributed by atoms with van der Waals surface area (Å²) in [6.45, 7) is 10.7. The van der Waals surface area contributed by atoms with Gasteiger partial charge in [-0.2, -0.15) is 0 Å². The smallest absolute Gasteiger partial charge is 0.140 e. The molecule has 0 radical (unpaired) electrons. The largest absolute Gasteiger partial charge is 0.325 e. The van der Waals surface area contributed by atoms with Crippen LogP contribution in [0.1, 0.15) is 74.6 Å². The molecule has 4 rings (SSSR count). The van der Waals surface area contributed by atoms with E-state index >= 15 is 0 Å². The van der Waals surface area contributed by atoms with Crippen molar-refractivity contribution in [2.75, 3.05) is 18.0 Å². The monoisotopic (exact) mass is 442 g/mol. The van der Waals surface area contributed by atoms with Gasteiger partial charge in [0, 0.05) is 16.6 Å². The first-order chi connectivity index (χ1) is 13.5. The van der Waals surface area contributed by atoms with E-state index in [1.54, 1.807) is 0 Å². The molecule has 1 aromatic heterocycles. The number of hydrogen-bond acceptors (Lipinski definition) is 4. The number of aromatic nitrogens is 2. The molecule has 1 aliphatic carbocycles. The van der Waals surface area contributed by atoms with Gasteiger partial charge in [0.1, 0.15) is 11.6 Å². The van der Waals surface area contributed by atoms with Crippen molar-refractivity contribution in [3.63, 3.8) is 0 Å². The maximum atomic E-state index is 4.94. The third kappa shape index (κ3) is 3.84. The van der Waals surface area contributed by atoms with Crippen LogP contribution in [0.3, 0.4) is 0 Å². The van der Waals surface area contributed by atoms with E-state index in [0.717, 1.165) is 48.0 Å². The summed E-state index contributed by atoms with van der Waals surface area (Å²) in [6.07, 6.45) is 4.79. The predicted molar refractivity (Wildman–Crippen MR) is 119 cm³/mol. The maximum absolute atomic E-state index is 4.94. The minimum absolute atomic E-state index is 0.377. The van der Waals surface area contributed by atoms with Crippen LogP contribution in [0.25, 0.3) is 0 Å². The van der Waals surface area contributed by atoms with Gasteiger partial charge in [0.2, 0.25) is 0 Å². The summed E-state index contributed by atoms with van der Waals surface area (Å²) in [5.74, 6) is 3.23. The van der Waals surface area contributed by atoms with Crippen molar-refractivity contribution in [1.82, 2.24) is 15.3 Å². The zero-order valence-electron chi connectivity index (χ0n) is 17.4. The molecule has 1 unspecified atom stereocenters. The number of hydrogen-bond donors (Lipinski definition) is 1. The van der Waals surface area contributed by atoms with Crippen molar-refractivity contribution in [1.29, 1.82) is 0 Å². The molecule has 1 aromatic carbocycles. The minimum atomic E-state index is 0.377. The highest BCUT2D eigenvalue weighted by molar-refractivity contribution is 9.10. The van der Waals surface area contributed by atoms with E-state index in [1.807, 2.05) is 6.92 Å². The van der Waals surface area contributed by atoms with E-state index in [1.165, 1.54) is 35.3 Å². The molecule has 0 spiro atoms. The normalized spacial score (nSPS) is 17.3. The second-order valence-electron chi connectivity index (χ2n) is 8.49. The summed E-state index contributed by atoms with van der Waals surface area (Å²) in [5.41, 5.74) is 5.14. The lowest BCUT2D eigenvalue weighted by Gasteiger charge is -2.23. The van der Waals surface area contributed by atoms with Crippen molar-refractivity contribution < 1.29 is 0 Å². The Morgan fingerprint density at radius 3 is 2.68 bits per heavy atom. The minimum Gasteiger partial charge on any atom is -0.325 e. The molecular weight excluding hydrogens is 412 g/mol. The number of anilines is 2. The Kier molecular flexibility index (Phi) is 5.75. The van der Waals surface area contributed by atoms with E-state index in [2.05, 4.69) is 65.1 Å². The standard InChI is InChI=1S/C23H31BrN4/c1-5-11-25-21(16-6-7-16)22-18-10-12-28(23(18)27-15(4)26-22)20-9-8-17(14(2)3)13-19(20)24/h8-9,13-14,16,21,25H,5-7,10-12H2,1-4H3. The molecule has 0 amide bonds. The summed E-state index contributed by atoms with van der Waals surface area (Å²) in [5, 5.41) is 3.77. The number of rotatable bonds is 7. The number of halogens is 1.